The van der Waals surface area contributed by atoms with Crippen LogP contribution in [0.5, 0.6) is 0 Å². The van der Waals surface area contributed by atoms with E-state index in [1.807, 2.05) is 0 Å². The normalized spacial score (nSPS) is 11.4. The molecule has 0 aromatic heterocycles. The molecule has 0 N–H and O–H groups in total. The summed E-state index contributed by atoms with van der Waals surface area (Å²) in [7, 11) is 1.75. The third kappa shape index (κ3) is 6.11. The summed E-state index contributed by atoms with van der Waals surface area (Å²) in [4.78, 5) is 0. The molecule has 1 heteroatoms. The van der Waals surface area contributed by atoms with Gasteiger partial charge in [0.25, 0.3) is 0 Å². The largest absolute Gasteiger partial charge is 0.384 e. The molecule has 0 aromatic rings. The van der Waals surface area contributed by atoms with E-state index in [1.54, 1.807) is 7.11 Å². The van der Waals surface area contributed by atoms with Gasteiger partial charge in [0.15, 0.2) is 0 Å². The highest BCUT2D eigenvalue weighted by Crippen LogP contribution is 2.21. The molecule has 0 aliphatic carbocycles. The summed E-state index contributed by atoms with van der Waals surface area (Å²) in [6, 6.07) is 0. The Morgan fingerprint density at radius 3 is 2.27 bits per heavy atom. The van der Waals surface area contributed by atoms with Crippen molar-refractivity contribution < 1.29 is 4.74 Å². The molecular weight excluding hydrogens is 136 g/mol. The monoisotopic (exact) mass is 156 g/mol. The minimum absolute atomic E-state index is 0.284. The van der Waals surface area contributed by atoms with E-state index in [0.717, 1.165) is 13.0 Å². The van der Waals surface area contributed by atoms with Crippen LogP contribution in [0.25, 0.3) is 0 Å². The molecule has 0 amide bonds. The summed E-state index contributed by atoms with van der Waals surface area (Å²) in [6.45, 7) is 9.52. The molecule has 0 atom stereocenters. The van der Waals surface area contributed by atoms with E-state index in [-0.39, 0.29) is 5.41 Å². The lowest BCUT2D eigenvalue weighted by atomic mass is 9.90. The summed E-state index contributed by atoms with van der Waals surface area (Å²) < 4.78 is 5.11. The van der Waals surface area contributed by atoms with Crippen molar-refractivity contribution in [2.45, 2.75) is 34.1 Å². The van der Waals surface area contributed by atoms with E-state index in [2.05, 4.69) is 33.8 Å². The van der Waals surface area contributed by atoms with Crippen LogP contribution in [0.3, 0.4) is 0 Å². The van der Waals surface area contributed by atoms with Gasteiger partial charge in [-0.1, -0.05) is 25.5 Å². The number of methoxy groups -OCH3 is 1. The average Bonchev–Trinajstić information content (AvgIpc) is 1.84. The van der Waals surface area contributed by atoms with Crippen LogP contribution >= 0.6 is 0 Å². The fourth-order valence-electron chi connectivity index (χ4n) is 0.930. The molecule has 0 aliphatic rings. The zero-order valence-electron chi connectivity index (χ0n) is 8.40. The summed E-state index contributed by atoms with van der Waals surface area (Å²) in [5, 5.41) is 0. The second-order valence-corrected chi connectivity index (χ2v) is 4.08. The number of hydrogen-bond acceptors (Lipinski definition) is 1. The molecule has 1 nitrogen and oxygen atoms in total. The predicted molar refractivity (Wildman–Crippen MR) is 49.7 cm³/mol. The molecule has 0 aliphatic heterocycles. The Balaban J connectivity index is 3.81. The van der Waals surface area contributed by atoms with Gasteiger partial charge in [0, 0.05) is 7.11 Å². The predicted octanol–water partition coefficient (Wildman–Crippen LogP) is 3.02. The van der Waals surface area contributed by atoms with Crippen molar-refractivity contribution in [3.05, 3.63) is 11.6 Å². The van der Waals surface area contributed by atoms with Crippen LogP contribution in [0.1, 0.15) is 34.1 Å². The van der Waals surface area contributed by atoms with Gasteiger partial charge in [-0.25, -0.2) is 0 Å². The van der Waals surface area contributed by atoms with Crippen molar-refractivity contribution in [2.24, 2.45) is 5.41 Å². The number of rotatable bonds is 4. The highest BCUT2D eigenvalue weighted by Gasteiger charge is 2.15. The first kappa shape index (κ1) is 10.7. The fourth-order valence-corrected chi connectivity index (χ4v) is 0.930. The zero-order valence-corrected chi connectivity index (χ0v) is 8.40. The van der Waals surface area contributed by atoms with Crippen LogP contribution in [-0.2, 0) is 4.74 Å². The quantitative estimate of drug-likeness (QED) is 0.568. The molecule has 0 heterocycles. The van der Waals surface area contributed by atoms with E-state index >= 15 is 0 Å². The third-order valence-corrected chi connectivity index (χ3v) is 1.60. The maximum Gasteiger partial charge on any atom is 0.0516 e. The second kappa shape index (κ2) is 4.55. The van der Waals surface area contributed by atoms with Crippen LogP contribution in [0.2, 0.25) is 0 Å². The smallest absolute Gasteiger partial charge is 0.0516 e. The van der Waals surface area contributed by atoms with E-state index in [9.17, 15) is 0 Å². The summed E-state index contributed by atoms with van der Waals surface area (Å²) >= 11 is 0. The molecule has 11 heavy (non-hydrogen) atoms. The average molecular weight is 156 g/mol. The third-order valence-electron chi connectivity index (χ3n) is 1.60. The molecule has 0 unspecified atom stereocenters. The Morgan fingerprint density at radius 1 is 1.36 bits per heavy atom. The van der Waals surface area contributed by atoms with E-state index in [0.29, 0.717) is 0 Å². The molecule has 0 aromatic carbocycles. The first-order valence-corrected chi connectivity index (χ1v) is 4.10. The first-order chi connectivity index (χ1) is 4.98. The van der Waals surface area contributed by atoms with Crippen LogP contribution in [0, 0.1) is 5.41 Å². The van der Waals surface area contributed by atoms with E-state index in [1.165, 1.54) is 5.57 Å². The van der Waals surface area contributed by atoms with Crippen LogP contribution in [-0.4, -0.2) is 13.7 Å². The van der Waals surface area contributed by atoms with Crippen LogP contribution in [0.15, 0.2) is 11.6 Å². The van der Waals surface area contributed by atoms with Crippen molar-refractivity contribution in [1.82, 2.24) is 0 Å². The van der Waals surface area contributed by atoms with Gasteiger partial charge in [-0.3, -0.25) is 0 Å². The Bertz CT molecular complexity index is 130. The van der Waals surface area contributed by atoms with Gasteiger partial charge in [0.05, 0.1) is 6.61 Å². The summed E-state index contributed by atoms with van der Waals surface area (Å²) in [5.41, 5.74) is 1.67. The molecule has 0 radical (unpaired) electrons. The van der Waals surface area contributed by atoms with Gasteiger partial charge < -0.3 is 4.74 Å². The standard InChI is InChI=1S/C10H20O/c1-9(2)6-7-10(3,4)8-11-5/h6H,7-8H2,1-5H3. The van der Waals surface area contributed by atoms with Gasteiger partial charge in [0.2, 0.25) is 0 Å². The molecule has 0 bridgehead atoms. The van der Waals surface area contributed by atoms with E-state index < -0.39 is 0 Å². The van der Waals surface area contributed by atoms with Crippen LogP contribution < -0.4 is 0 Å². The second-order valence-electron chi connectivity index (χ2n) is 4.08. The number of ether oxygens (including phenoxy) is 1. The molecule has 66 valence electrons. The molecule has 0 fully saturated rings. The Hall–Kier alpha value is -0.300. The molecule has 0 saturated carbocycles. The first-order valence-electron chi connectivity index (χ1n) is 4.10. The van der Waals surface area contributed by atoms with Crippen molar-refractivity contribution in [3.8, 4) is 0 Å². The SMILES string of the molecule is COCC(C)(C)CC=C(C)C. The minimum atomic E-state index is 0.284. The van der Waals surface area contributed by atoms with Crippen molar-refractivity contribution in [2.75, 3.05) is 13.7 Å². The van der Waals surface area contributed by atoms with Gasteiger partial charge in [-0.2, -0.15) is 0 Å². The highest BCUT2D eigenvalue weighted by atomic mass is 16.5. The Labute approximate surface area is 70.4 Å². The van der Waals surface area contributed by atoms with Gasteiger partial charge in [-0.05, 0) is 25.7 Å². The summed E-state index contributed by atoms with van der Waals surface area (Å²) in [6.07, 6.45) is 3.36. The molecule has 0 spiro atoms. The molecule has 0 saturated heterocycles. The maximum absolute atomic E-state index is 5.11. The number of allylic oxidation sites excluding steroid dienone is 2. The minimum Gasteiger partial charge on any atom is -0.384 e. The van der Waals surface area contributed by atoms with Crippen LogP contribution in [0.4, 0.5) is 0 Å². The van der Waals surface area contributed by atoms with Crippen molar-refractivity contribution in [1.29, 1.82) is 0 Å². The molecule has 0 rings (SSSR count). The Kier molecular flexibility index (Phi) is 4.43. The lowest BCUT2D eigenvalue weighted by molar-refractivity contribution is 0.106. The van der Waals surface area contributed by atoms with Crippen molar-refractivity contribution in [3.63, 3.8) is 0 Å². The zero-order chi connectivity index (χ0) is 8.91. The lowest BCUT2D eigenvalue weighted by Crippen LogP contribution is -2.17. The topological polar surface area (TPSA) is 9.23 Å². The van der Waals surface area contributed by atoms with Gasteiger partial charge >= 0.3 is 0 Å². The Morgan fingerprint density at radius 2 is 1.91 bits per heavy atom. The lowest BCUT2D eigenvalue weighted by Gasteiger charge is -2.21. The maximum atomic E-state index is 5.11. The highest BCUT2D eigenvalue weighted by molar-refractivity contribution is 4.95. The summed E-state index contributed by atoms with van der Waals surface area (Å²) in [5.74, 6) is 0. The fraction of sp³-hybridized carbons (Fsp3) is 0.800. The van der Waals surface area contributed by atoms with Crippen molar-refractivity contribution >= 4 is 0 Å². The van der Waals surface area contributed by atoms with E-state index in [4.69, 9.17) is 4.74 Å². The number of hydrogen-bond donors (Lipinski definition) is 0. The van der Waals surface area contributed by atoms with Gasteiger partial charge in [-0.15, -0.1) is 0 Å². The molecular formula is C10H20O. The van der Waals surface area contributed by atoms with Gasteiger partial charge in [0.1, 0.15) is 0 Å².